The van der Waals surface area contributed by atoms with Crippen LogP contribution in [0.5, 0.6) is 0 Å². The first-order valence-electron chi connectivity index (χ1n) is 5.67. The molecule has 1 aromatic carbocycles. The largest absolute Gasteiger partial charge is 0.277 e. The van der Waals surface area contributed by atoms with Crippen LogP contribution in [0.15, 0.2) is 24.3 Å². The van der Waals surface area contributed by atoms with Crippen molar-refractivity contribution >= 4 is 15.7 Å². The van der Waals surface area contributed by atoms with Gasteiger partial charge < -0.3 is 0 Å². The Balaban J connectivity index is 2.09. The summed E-state index contributed by atoms with van der Waals surface area (Å²) in [4.78, 5) is 17.1. The molecule has 0 radical (unpaired) electrons. The number of rotatable bonds is 3. The van der Waals surface area contributed by atoms with Gasteiger partial charge in [-0.25, -0.2) is 13.5 Å². The predicted octanol–water partition coefficient (Wildman–Crippen LogP) is 1.01. The molecule has 0 N–H and O–H groups in total. The fraction of sp³-hybridized carbons (Fsp3) is 0.417. The highest BCUT2D eigenvalue weighted by atomic mass is 32.2. The van der Waals surface area contributed by atoms with Crippen molar-refractivity contribution in [2.45, 2.75) is 12.2 Å². The van der Waals surface area contributed by atoms with Crippen molar-refractivity contribution in [3.63, 3.8) is 0 Å². The Morgan fingerprint density at radius 2 is 2.00 bits per heavy atom. The Kier molecular flexibility index (Phi) is 3.68. The number of carbonyl (C=O) groups excluding carboxylic acids is 1. The van der Waals surface area contributed by atoms with Crippen molar-refractivity contribution in [2.75, 3.05) is 19.4 Å². The lowest BCUT2D eigenvalue weighted by Gasteiger charge is -2.13. The van der Waals surface area contributed by atoms with Gasteiger partial charge in [-0.3, -0.25) is 9.63 Å². The zero-order valence-electron chi connectivity index (χ0n) is 10.1. The first-order chi connectivity index (χ1) is 8.46. The van der Waals surface area contributed by atoms with Crippen LogP contribution in [0.4, 0.5) is 0 Å². The lowest BCUT2D eigenvalue weighted by Crippen LogP contribution is -2.26. The summed E-state index contributed by atoms with van der Waals surface area (Å²) in [6, 6.07) is 6.57. The van der Waals surface area contributed by atoms with Gasteiger partial charge >= 0.3 is 0 Å². The van der Waals surface area contributed by atoms with Crippen LogP contribution in [0.3, 0.4) is 0 Å². The van der Waals surface area contributed by atoms with E-state index in [4.69, 9.17) is 4.84 Å². The first-order valence-corrected chi connectivity index (χ1v) is 7.73. The van der Waals surface area contributed by atoms with Gasteiger partial charge in [0.2, 0.25) is 0 Å². The molecule has 98 valence electrons. The third kappa shape index (κ3) is 3.30. The van der Waals surface area contributed by atoms with E-state index in [0.29, 0.717) is 24.3 Å². The molecular weight excluding hydrogens is 254 g/mol. The predicted molar refractivity (Wildman–Crippen MR) is 66.6 cm³/mol. The summed E-state index contributed by atoms with van der Waals surface area (Å²) in [7, 11) is -3.05. The van der Waals surface area contributed by atoms with E-state index in [1.54, 1.807) is 24.3 Å². The van der Waals surface area contributed by atoms with Crippen molar-refractivity contribution in [3.05, 3.63) is 35.4 Å². The molecule has 2 rings (SSSR count). The van der Waals surface area contributed by atoms with E-state index < -0.39 is 9.84 Å². The number of sulfone groups is 1. The molecule has 1 saturated heterocycles. The van der Waals surface area contributed by atoms with E-state index in [1.807, 2.05) is 0 Å². The number of amides is 1. The van der Waals surface area contributed by atoms with Crippen molar-refractivity contribution < 1.29 is 18.0 Å². The SMILES string of the molecule is CS(=O)(=O)Cc1ccc(C(=O)N2CCCO2)cc1. The number of carbonyl (C=O) groups is 1. The molecule has 0 atom stereocenters. The molecule has 1 aromatic rings. The summed E-state index contributed by atoms with van der Waals surface area (Å²) in [5, 5.41) is 1.34. The topological polar surface area (TPSA) is 63.7 Å². The van der Waals surface area contributed by atoms with Gasteiger partial charge in [0.05, 0.1) is 18.9 Å². The summed E-state index contributed by atoms with van der Waals surface area (Å²) in [5.74, 6) is -0.194. The lowest BCUT2D eigenvalue weighted by molar-refractivity contribution is -0.0768. The fourth-order valence-corrected chi connectivity index (χ4v) is 2.60. The molecule has 0 unspecified atom stereocenters. The van der Waals surface area contributed by atoms with Crippen molar-refractivity contribution in [1.29, 1.82) is 0 Å². The van der Waals surface area contributed by atoms with Crippen LogP contribution in [-0.4, -0.2) is 38.8 Å². The highest BCUT2D eigenvalue weighted by Crippen LogP contribution is 2.13. The van der Waals surface area contributed by atoms with Gasteiger partial charge in [0.1, 0.15) is 0 Å². The third-order valence-corrected chi connectivity index (χ3v) is 3.47. The monoisotopic (exact) mass is 269 g/mol. The summed E-state index contributed by atoms with van der Waals surface area (Å²) >= 11 is 0. The Morgan fingerprint density at radius 1 is 1.33 bits per heavy atom. The molecule has 1 heterocycles. The summed E-state index contributed by atoms with van der Waals surface area (Å²) in [6.07, 6.45) is 2.03. The quantitative estimate of drug-likeness (QED) is 0.821. The van der Waals surface area contributed by atoms with E-state index in [-0.39, 0.29) is 11.7 Å². The second-order valence-electron chi connectivity index (χ2n) is 4.36. The van der Waals surface area contributed by atoms with Crippen LogP contribution in [-0.2, 0) is 20.4 Å². The minimum atomic E-state index is -3.05. The van der Waals surface area contributed by atoms with E-state index in [0.717, 1.165) is 6.42 Å². The van der Waals surface area contributed by atoms with Crippen LogP contribution in [0.2, 0.25) is 0 Å². The molecule has 0 bridgehead atoms. The van der Waals surface area contributed by atoms with E-state index in [1.165, 1.54) is 11.3 Å². The first kappa shape index (κ1) is 13.0. The Labute approximate surface area is 106 Å². The smallest absolute Gasteiger partial charge is 0.271 e. The van der Waals surface area contributed by atoms with Gasteiger partial charge in [-0.2, -0.15) is 0 Å². The molecule has 1 aliphatic rings. The Bertz CT molecular complexity index is 530. The van der Waals surface area contributed by atoms with Gasteiger partial charge in [-0.1, -0.05) is 12.1 Å². The minimum absolute atomic E-state index is 0.0122. The molecule has 1 amide bonds. The van der Waals surface area contributed by atoms with Gasteiger partial charge in [-0.05, 0) is 24.1 Å². The summed E-state index contributed by atoms with van der Waals surface area (Å²) in [6.45, 7) is 1.17. The normalized spacial score (nSPS) is 15.9. The second-order valence-corrected chi connectivity index (χ2v) is 6.50. The second kappa shape index (κ2) is 5.07. The van der Waals surface area contributed by atoms with E-state index >= 15 is 0 Å². The van der Waals surface area contributed by atoms with Crippen LogP contribution in [0.25, 0.3) is 0 Å². The summed E-state index contributed by atoms with van der Waals surface area (Å²) in [5.41, 5.74) is 1.19. The fourth-order valence-electron chi connectivity index (χ4n) is 1.80. The molecule has 0 aromatic heterocycles. The summed E-state index contributed by atoms with van der Waals surface area (Å²) < 4.78 is 22.3. The maximum absolute atomic E-state index is 11.9. The number of benzene rings is 1. The lowest BCUT2D eigenvalue weighted by atomic mass is 10.1. The van der Waals surface area contributed by atoms with Crippen LogP contribution >= 0.6 is 0 Å². The molecule has 5 nitrogen and oxygen atoms in total. The van der Waals surface area contributed by atoms with Crippen LogP contribution in [0.1, 0.15) is 22.3 Å². The van der Waals surface area contributed by atoms with Crippen molar-refractivity contribution in [3.8, 4) is 0 Å². The van der Waals surface area contributed by atoms with E-state index in [9.17, 15) is 13.2 Å². The highest BCUT2D eigenvalue weighted by molar-refractivity contribution is 7.89. The number of hydrogen-bond donors (Lipinski definition) is 0. The number of nitrogens with zero attached hydrogens (tertiary/aromatic N) is 1. The average molecular weight is 269 g/mol. The third-order valence-electron chi connectivity index (χ3n) is 2.61. The molecule has 18 heavy (non-hydrogen) atoms. The standard InChI is InChI=1S/C12H15NO4S/c1-18(15,16)9-10-3-5-11(6-4-10)12(14)13-7-2-8-17-13/h3-6H,2,7-9H2,1H3. The maximum atomic E-state index is 11.9. The maximum Gasteiger partial charge on any atom is 0.277 e. The van der Waals surface area contributed by atoms with Gasteiger partial charge in [0, 0.05) is 11.8 Å². The number of hydroxylamine groups is 2. The molecule has 1 fully saturated rings. The Morgan fingerprint density at radius 3 is 2.50 bits per heavy atom. The zero-order chi connectivity index (χ0) is 13.2. The number of hydrogen-bond acceptors (Lipinski definition) is 4. The molecule has 0 spiro atoms. The van der Waals surface area contributed by atoms with Crippen LogP contribution < -0.4 is 0 Å². The molecular formula is C12H15NO4S. The average Bonchev–Trinajstić information content (AvgIpc) is 2.80. The zero-order valence-corrected chi connectivity index (χ0v) is 10.9. The van der Waals surface area contributed by atoms with Crippen molar-refractivity contribution in [2.24, 2.45) is 0 Å². The van der Waals surface area contributed by atoms with Gasteiger partial charge in [0.15, 0.2) is 9.84 Å². The minimum Gasteiger partial charge on any atom is -0.271 e. The van der Waals surface area contributed by atoms with Crippen LogP contribution in [0, 0.1) is 0 Å². The van der Waals surface area contributed by atoms with Gasteiger partial charge in [-0.15, -0.1) is 0 Å². The Hall–Kier alpha value is -1.40. The van der Waals surface area contributed by atoms with Gasteiger partial charge in [0.25, 0.3) is 5.91 Å². The molecule has 6 heteroatoms. The molecule has 0 aliphatic carbocycles. The highest BCUT2D eigenvalue weighted by Gasteiger charge is 2.20. The van der Waals surface area contributed by atoms with E-state index in [2.05, 4.69) is 0 Å². The molecule has 0 saturated carbocycles. The molecule has 1 aliphatic heterocycles. The van der Waals surface area contributed by atoms with Crippen molar-refractivity contribution in [1.82, 2.24) is 5.06 Å².